The Hall–Kier alpha value is -1.77. The molecule has 0 aromatic carbocycles. The topological polar surface area (TPSA) is 57.5 Å². The Morgan fingerprint density at radius 3 is 2.13 bits per heavy atom. The van der Waals surface area contributed by atoms with Crippen molar-refractivity contribution in [3.05, 3.63) is 48.1 Å². The van der Waals surface area contributed by atoms with Crippen molar-refractivity contribution < 1.29 is 26.0 Å². The fourth-order valence-corrected chi connectivity index (χ4v) is 1.81. The van der Waals surface area contributed by atoms with Gasteiger partial charge in [-0.3, -0.25) is 0 Å². The number of carbonyl (C=O) groups is 1. The van der Waals surface area contributed by atoms with Gasteiger partial charge in [-0.05, 0) is 24.9 Å². The van der Waals surface area contributed by atoms with Gasteiger partial charge in [0.05, 0.1) is 9.60 Å². The molecule has 1 unspecified atom stereocenters. The molecule has 3 nitrogen and oxygen atoms in total. The van der Waals surface area contributed by atoms with Gasteiger partial charge < -0.3 is 10.2 Å². The van der Waals surface area contributed by atoms with Crippen molar-refractivity contribution in [3.8, 4) is 0 Å². The van der Waals surface area contributed by atoms with Gasteiger partial charge in [-0.25, -0.2) is 4.79 Å². The fourth-order valence-electron chi connectivity index (χ4n) is 1.81. The summed E-state index contributed by atoms with van der Waals surface area (Å²) in [6.07, 6.45) is 7.80. The maximum absolute atomic E-state index is 10.7. The molecule has 0 saturated carbocycles. The Labute approximate surface area is 152 Å². The van der Waals surface area contributed by atoms with E-state index in [0.717, 1.165) is 19.3 Å². The van der Waals surface area contributed by atoms with Gasteiger partial charge in [-0.15, -0.1) is 0 Å². The van der Waals surface area contributed by atoms with Crippen LogP contribution < -0.4 is 0 Å². The van der Waals surface area contributed by atoms with Crippen molar-refractivity contribution in [2.45, 2.75) is 71.1 Å². The highest BCUT2D eigenvalue weighted by molar-refractivity contribution is 5.80. The molecule has 0 radical (unpaired) electrons. The van der Waals surface area contributed by atoms with Crippen LogP contribution in [0.1, 0.15) is 82.1 Å². The summed E-state index contributed by atoms with van der Waals surface area (Å²) in [5.41, 5.74) is 0. The van der Waals surface area contributed by atoms with E-state index < -0.39 is 60.5 Å². The third kappa shape index (κ3) is 18.2. The van der Waals surface area contributed by atoms with Crippen molar-refractivity contribution in [1.82, 2.24) is 0 Å². The minimum absolute atomic E-state index is 0.322. The fraction of sp³-hybridized carbons (Fsp3) is 0.550. The van der Waals surface area contributed by atoms with Crippen molar-refractivity contribution >= 4 is 5.97 Å². The van der Waals surface area contributed by atoms with Crippen LogP contribution in [-0.4, -0.2) is 16.2 Å². The van der Waals surface area contributed by atoms with Gasteiger partial charge in [0.1, 0.15) is 5.76 Å². The van der Waals surface area contributed by atoms with Crippen LogP contribution in [0.25, 0.3) is 0 Å². The number of hydrogen-bond acceptors (Lipinski definition) is 2. The lowest BCUT2D eigenvalue weighted by molar-refractivity contribution is -0.131. The number of carboxylic acids is 1. The maximum Gasteiger partial charge on any atom is 0.328 e. The summed E-state index contributed by atoms with van der Waals surface area (Å²) in [7, 11) is 0. The molecular formula is C20H32O3. The van der Waals surface area contributed by atoms with Crippen molar-refractivity contribution in [3.63, 3.8) is 0 Å². The minimum atomic E-state index is -1.79. The number of aliphatic hydroxyl groups is 1. The predicted octanol–water partition coefficient (Wildman–Crippen LogP) is 6.10. The normalized spacial score (nSPS) is 22.1. The molecule has 0 heterocycles. The van der Waals surface area contributed by atoms with E-state index in [2.05, 4.69) is 6.92 Å². The van der Waals surface area contributed by atoms with Gasteiger partial charge in [0.25, 0.3) is 0 Å². The van der Waals surface area contributed by atoms with Crippen molar-refractivity contribution in [2.24, 2.45) is 0 Å². The summed E-state index contributed by atoms with van der Waals surface area (Å²) in [4.78, 5) is 10.7. The predicted molar refractivity (Wildman–Crippen MR) is 97.6 cm³/mol. The molecule has 1 atom stereocenters. The zero-order valence-electron chi connectivity index (χ0n) is 21.7. The average Bonchev–Trinajstić information content (AvgIpc) is 2.76. The van der Waals surface area contributed by atoms with Crippen LogP contribution in [0.2, 0.25) is 0 Å². The first-order chi connectivity index (χ1) is 14.5. The van der Waals surface area contributed by atoms with Crippen LogP contribution in [0.3, 0.4) is 0 Å². The van der Waals surface area contributed by atoms with E-state index >= 15 is 0 Å². The molecule has 130 valence electrons. The molecule has 0 aliphatic rings. The average molecular weight is 329 g/mol. The molecule has 23 heavy (non-hydrogen) atoms. The molecule has 0 aliphatic heterocycles. The van der Waals surface area contributed by atoms with E-state index in [1.807, 2.05) is 0 Å². The Morgan fingerprint density at radius 2 is 1.52 bits per heavy atom. The van der Waals surface area contributed by atoms with Gasteiger partial charge in [-0.1, -0.05) is 82.5 Å². The zero-order chi connectivity index (χ0) is 24.1. The molecule has 0 fully saturated rings. The summed E-state index contributed by atoms with van der Waals surface area (Å²) in [5.74, 6) is -3.04. The lowest BCUT2D eigenvalue weighted by Crippen LogP contribution is -1.84. The molecule has 2 N–H and O–H groups in total. The third-order valence-electron chi connectivity index (χ3n) is 2.97. The Balaban J connectivity index is 5.18. The Kier molecular flexibility index (Phi) is 7.87. The van der Waals surface area contributed by atoms with Crippen LogP contribution in [0.5, 0.6) is 0 Å². The summed E-state index contributed by atoms with van der Waals surface area (Å²) in [6.45, 7) is 2.15. The summed E-state index contributed by atoms with van der Waals surface area (Å²) >= 11 is 0. The van der Waals surface area contributed by atoms with E-state index in [1.54, 1.807) is 0 Å². The van der Waals surface area contributed by atoms with Gasteiger partial charge in [0.15, 0.2) is 0 Å². The monoisotopic (exact) mass is 328 g/mol. The number of unbranched alkanes of at least 4 members (excludes halogenated alkanes) is 7. The largest absolute Gasteiger partial charge is 0.508 e. The second-order valence-corrected chi connectivity index (χ2v) is 5.02. The van der Waals surface area contributed by atoms with E-state index in [9.17, 15) is 9.90 Å². The second-order valence-electron chi connectivity index (χ2n) is 5.02. The third-order valence-corrected chi connectivity index (χ3v) is 2.97. The molecule has 0 bridgehead atoms. The Morgan fingerprint density at radius 1 is 0.913 bits per heavy atom. The van der Waals surface area contributed by atoms with Gasteiger partial charge in [0, 0.05) is 7.42 Å². The zero-order valence-corrected chi connectivity index (χ0v) is 13.7. The first-order valence-electron chi connectivity index (χ1n) is 12.1. The quantitative estimate of drug-likeness (QED) is 0.175. The molecule has 0 saturated heterocycles. The number of rotatable bonds is 14. The standard InChI is InChI=1S/C20H32O3/c1-2-3-4-5-6-7-8-9-10-11-12-13-14-16-19(21)17-15-18-20(22)23/h12-18,21H,2-11H2,1H3,(H,22,23)/i11D,12D,13D,14D,15D,16D,17D,18D. The molecule has 0 amide bonds. The maximum atomic E-state index is 10.7. The molecule has 0 aromatic heterocycles. The van der Waals surface area contributed by atoms with Crippen LogP contribution in [0, 0.1) is 0 Å². The number of hydrogen-bond donors (Lipinski definition) is 2. The first kappa shape index (κ1) is 10.9. The van der Waals surface area contributed by atoms with Crippen LogP contribution in [0.15, 0.2) is 48.1 Å². The Bertz CT molecular complexity index is 741. The smallest absolute Gasteiger partial charge is 0.328 e. The molecule has 0 spiro atoms. The number of aliphatic hydroxyl groups excluding tert-OH is 1. The van der Waals surface area contributed by atoms with Gasteiger partial charge in [-0.2, -0.15) is 0 Å². The van der Waals surface area contributed by atoms with E-state index in [0.29, 0.717) is 12.8 Å². The molecule has 0 aliphatic carbocycles. The summed E-state index contributed by atoms with van der Waals surface area (Å²) in [5, 5.41) is 18.6. The highest BCUT2D eigenvalue weighted by Crippen LogP contribution is 2.10. The van der Waals surface area contributed by atoms with E-state index in [4.69, 9.17) is 16.1 Å². The first-order valence-corrected chi connectivity index (χ1v) is 8.06. The molecule has 0 rings (SSSR count). The van der Waals surface area contributed by atoms with Crippen molar-refractivity contribution in [2.75, 3.05) is 0 Å². The highest BCUT2D eigenvalue weighted by Gasteiger charge is 1.91. The molecular weight excluding hydrogens is 288 g/mol. The summed E-state index contributed by atoms with van der Waals surface area (Å²) < 4.78 is 61.5. The van der Waals surface area contributed by atoms with E-state index in [-0.39, 0.29) is 0 Å². The van der Waals surface area contributed by atoms with Gasteiger partial charge in [0.2, 0.25) is 0 Å². The SMILES string of the molecule is [2H]C(C(=O)O)=C([2H])C([2H])=C(O)C([2H])=C([2H])C([2H])=C([2H])C([2H])CCCCCCCCCC. The molecule has 3 heteroatoms. The lowest BCUT2D eigenvalue weighted by atomic mass is 10.1. The van der Waals surface area contributed by atoms with E-state index in [1.165, 1.54) is 25.7 Å². The lowest BCUT2D eigenvalue weighted by Gasteiger charge is -2.00. The van der Waals surface area contributed by atoms with Crippen molar-refractivity contribution in [1.29, 1.82) is 0 Å². The highest BCUT2D eigenvalue weighted by atomic mass is 16.4. The number of allylic oxidation sites excluding steroid dienone is 6. The van der Waals surface area contributed by atoms with Crippen LogP contribution >= 0.6 is 0 Å². The van der Waals surface area contributed by atoms with Gasteiger partial charge >= 0.3 is 5.97 Å². The molecule has 0 aromatic rings. The second kappa shape index (κ2) is 16.6. The van der Waals surface area contributed by atoms with Crippen LogP contribution in [-0.2, 0) is 4.79 Å². The van der Waals surface area contributed by atoms with Crippen LogP contribution in [0.4, 0.5) is 0 Å². The number of aliphatic carboxylic acids is 1. The number of carboxylic acid groups (broad SMARTS) is 1. The summed E-state index contributed by atoms with van der Waals surface area (Å²) in [6, 6.07) is -6.80. The minimum Gasteiger partial charge on any atom is -0.508 e.